The van der Waals surface area contributed by atoms with E-state index in [1.165, 1.54) is 30.5 Å². The number of aliphatic imine (C=N–C) groups is 1. The van der Waals surface area contributed by atoms with E-state index in [2.05, 4.69) is 53.0 Å². The molecule has 2 heterocycles. The van der Waals surface area contributed by atoms with Gasteiger partial charge in [-0.2, -0.15) is 0 Å². The molecule has 0 amide bonds. The van der Waals surface area contributed by atoms with Gasteiger partial charge in [0.15, 0.2) is 5.82 Å². The van der Waals surface area contributed by atoms with E-state index in [9.17, 15) is 0 Å². The van der Waals surface area contributed by atoms with Crippen LogP contribution in [-0.2, 0) is 6.54 Å². The van der Waals surface area contributed by atoms with Gasteiger partial charge in [0.1, 0.15) is 17.4 Å². The molecule has 0 bridgehead atoms. The number of hydrogen-bond acceptors (Lipinski definition) is 4. The standard InChI is InChI=1S/C18H24N4S/c1-3-4-8-11-21-14-20-18(23-2)16-17(21)19-13-22(16)12-15-9-6-5-7-10-15/h5-7,9-10,13H,3-4,8,11-12,14H2,1-2H3. The van der Waals surface area contributed by atoms with Crippen molar-refractivity contribution in [2.45, 2.75) is 32.7 Å². The van der Waals surface area contributed by atoms with Crippen LogP contribution < -0.4 is 4.90 Å². The highest BCUT2D eigenvalue weighted by Crippen LogP contribution is 2.28. The molecule has 1 aromatic carbocycles. The van der Waals surface area contributed by atoms with E-state index in [1.54, 1.807) is 11.8 Å². The summed E-state index contributed by atoms with van der Waals surface area (Å²) in [6, 6.07) is 10.5. The van der Waals surface area contributed by atoms with Crippen LogP contribution in [0.3, 0.4) is 0 Å². The third-order valence-electron chi connectivity index (χ3n) is 4.13. The molecule has 2 aromatic rings. The molecule has 0 saturated carbocycles. The van der Waals surface area contributed by atoms with Crippen molar-refractivity contribution in [3.8, 4) is 0 Å². The van der Waals surface area contributed by atoms with Gasteiger partial charge in [-0.1, -0.05) is 50.1 Å². The number of benzene rings is 1. The summed E-state index contributed by atoms with van der Waals surface area (Å²) in [5, 5.41) is 1.10. The Morgan fingerprint density at radius 1 is 1.17 bits per heavy atom. The zero-order valence-corrected chi connectivity index (χ0v) is 14.7. The Balaban J connectivity index is 1.85. The second kappa shape index (κ2) is 7.68. The number of hydrogen-bond donors (Lipinski definition) is 0. The summed E-state index contributed by atoms with van der Waals surface area (Å²) in [6.45, 7) is 4.84. The third-order valence-corrected chi connectivity index (χ3v) is 4.84. The van der Waals surface area contributed by atoms with Crippen LogP contribution in [0.1, 0.15) is 37.4 Å². The van der Waals surface area contributed by atoms with Crippen molar-refractivity contribution in [1.82, 2.24) is 9.55 Å². The number of aromatic nitrogens is 2. The molecule has 0 saturated heterocycles. The second-order valence-corrected chi connectivity index (χ2v) is 6.60. The van der Waals surface area contributed by atoms with Crippen LogP contribution in [0.5, 0.6) is 0 Å². The monoisotopic (exact) mass is 328 g/mol. The van der Waals surface area contributed by atoms with Gasteiger partial charge in [0.05, 0.1) is 6.33 Å². The van der Waals surface area contributed by atoms with Gasteiger partial charge in [0.25, 0.3) is 0 Å². The van der Waals surface area contributed by atoms with E-state index in [4.69, 9.17) is 9.98 Å². The van der Waals surface area contributed by atoms with Crippen LogP contribution in [-0.4, -0.2) is 34.1 Å². The molecule has 0 unspecified atom stereocenters. The Morgan fingerprint density at radius 2 is 2.00 bits per heavy atom. The van der Waals surface area contributed by atoms with Crippen LogP contribution in [0, 0.1) is 0 Å². The predicted octanol–water partition coefficient (Wildman–Crippen LogP) is 4.01. The molecule has 0 N–H and O–H groups in total. The molecule has 23 heavy (non-hydrogen) atoms. The molecule has 0 spiro atoms. The molecule has 1 aliphatic heterocycles. The van der Waals surface area contributed by atoms with Crippen molar-refractivity contribution < 1.29 is 0 Å². The fraction of sp³-hybridized carbons (Fsp3) is 0.444. The fourth-order valence-electron chi connectivity index (χ4n) is 2.90. The first-order chi connectivity index (χ1) is 11.3. The first-order valence-corrected chi connectivity index (χ1v) is 9.48. The van der Waals surface area contributed by atoms with Gasteiger partial charge in [-0.05, 0) is 18.2 Å². The Labute approximate surface area is 142 Å². The van der Waals surface area contributed by atoms with Crippen LogP contribution in [0.4, 0.5) is 5.82 Å². The molecule has 0 aliphatic carbocycles. The van der Waals surface area contributed by atoms with Crippen LogP contribution >= 0.6 is 11.8 Å². The van der Waals surface area contributed by atoms with Gasteiger partial charge in [-0.3, -0.25) is 4.99 Å². The number of thioether (sulfide) groups is 1. The van der Waals surface area contributed by atoms with Crippen molar-refractivity contribution in [2.75, 3.05) is 24.4 Å². The topological polar surface area (TPSA) is 33.4 Å². The average Bonchev–Trinajstić information content (AvgIpc) is 3.00. The highest BCUT2D eigenvalue weighted by atomic mass is 32.2. The van der Waals surface area contributed by atoms with Crippen LogP contribution in [0.2, 0.25) is 0 Å². The van der Waals surface area contributed by atoms with E-state index in [0.29, 0.717) is 0 Å². The molecular formula is C18H24N4S. The molecule has 0 atom stereocenters. The highest BCUT2D eigenvalue weighted by Gasteiger charge is 2.25. The lowest BCUT2D eigenvalue weighted by atomic mass is 10.2. The third kappa shape index (κ3) is 3.61. The van der Waals surface area contributed by atoms with Crippen molar-refractivity contribution in [3.05, 3.63) is 47.9 Å². The maximum Gasteiger partial charge on any atom is 0.158 e. The zero-order valence-electron chi connectivity index (χ0n) is 13.9. The van der Waals surface area contributed by atoms with Gasteiger partial charge in [-0.25, -0.2) is 4.98 Å². The molecule has 4 nitrogen and oxygen atoms in total. The van der Waals surface area contributed by atoms with E-state index in [-0.39, 0.29) is 0 Å². The van der Waals surface area contributed by atoms with Crippen molar-refractivity contribution in [1.29, 1.82) is 0 Å². The number of nitrogens with zero attached hydrogens (tertiary/aromatic N) is 4. The summed E-state index contributed by atoms with van der Waals surface area (Å²) in [7, 11) is 0. The Hall–Kier alpha value is -1.75. The smallest absolute Gasteiger partial charge is 0.158 e. The van der Waals surface area contributed by atoms with E-state index in [1.807, 2.05) is 6.33 Å². The largest absolute Gasteiger partial charge is 0.335 e. The molecule has 5 heteroatoms. The maximum atomic E-state index is 4.77. The quantitative estimate of drug-likeness (QED) is 0.751. The summed E-state index contributed by atoms with van der Waals surface area (Å²) < 4.78 is 2.23. The summed E-state index contributed by atoms with van der Waals surface area (Å²) in [5.74, 6) is 1.09. The minimum Gasteiger partial charge on any atom is -0.335 e. The van der Waals surface area contributed by atoms with E-state index >= 15 is 0 Å². The van der Waals surface area contributed by atoms with E-state index in [0.717, 1.165) is 30.6 Å². The summed E-state index contributed by atoms with van der Waals surface area (Å²) in [6.07, 6.45) is 7.75. The molecule has 1 aromatic heterocycles. The predicted molar refractivity (Wildman–Crippen MR) is 99.6 cm³/mol. The number of unbranched alkanes of at least 4 members (excludes halogenated alkanes) is 2. The second-order valence-electron chi connectivity index (χ2n) is 5.81. The maximum absolute atomic E-state index is 4.77. The minimum absolute atomic E-state index is 0.731. The van der Waals surface area contributed by atoms with Gasteiger partial charge in [0, 0.05) is 13.1 Å². The first kappa shape index (κ1) is 16.1. The SMILES string of the molecule is CCCCCN1CN=C(SC)c2c1ncn2Cc1ccccc1. The van der Waals surface area contributed by atoms with Gasteiger partial charge in [-0.15, -0.1) is 11.8 Å². The lowest BCUT2D eigenvalue weighted by Crippen LogP contribution is -2.31. The fourth-order valence-corrected chi connectivity index (χ4v) is 3.49. The molecule has 3 rings (SSSR count). The summed E-state index contributed by atoms with van der Waals surface area (Å²) >= 11 is 1.71. The first-order valence-electron chi connectivity index (χ1n) is 8.26. The van der Waals surface area contributed by atoms with E-state index < -0.39 is 0 Å². The molecule has 122 valence electrons. The number of fused-ring (bicyclic) bond motifs is 1. The Kier molecular flexibility index (Phi) is 5.39. The normalized spacial score (nSPS) is 13.8. The van der Waals surface area contributed by atoms with Crippen molar-refractivity contribution in [2.24, 2.45) is 4.99 Å². The number of imidazole rings is 1. The van der Waals surface area contributed by atoms with Gasteiger partial charge in [0.2, 0.25) is 0 Å². The average molecular weight is 328 g/mol. The van der Waals surface area contributed by atoms with Crippen LogP contribution in [0.25, 0.3) is 0 Å². The Bertz CT molecular complexity index is 663. The zero-order chi connectivity index (χ0) is 16.1. The van der Waals surface area contributed by atoms with Gasteiger partial charge >= 0.3 is 0 Å². The van der Waals surface area contributed by atoms with Crippen molar-refractivity contribution >= 4 is 22.6 Å². The molecular weight excluding hydrogens is 304 g/mol. The number of anilines is 1. The highest BCUT2D eigenvalue weighted by molar-refractivity contribution is 8.13. The molecule has 1 aliphatic rings. The summed E-state index contributed by atoms with van der Waals surface area (Å²) in [5.41, 5.74) is 2.46. The molecule has 0 radical (unpaired) electrons. The lowest BCUT2D eigenvalue weighted by molar-refractivity contribution is 0.672. The lowest BCUT2D eigenvalue weighted by Gasteiger charge is -2.26. The number of rotatable bonds is 6. The van der Waals surface area contributed by atoms with Gasteiger partial charge < -0.3 is 9.47 Å². The molecule has 0 fully saturated rings. The minimum atomic E-state index is 0.731. The van der Waals surface area contributed by atoms with Crippen molar-refractivity contribution in [3.63, 3.8) is 0 Å². The van der Waals surface area contributed by atoms with Crippen LogP contribution in [0.15, 0.2) is 41.7 Å². The summed E-state index contributed by atoms with van der Waals surface area (Å²) in [4.78, 5) is 11.8. The Morgan fingerprint density at radius 3 is 2.74 bits per heavy atom.